The highest BCUT2D eigenvalue weighted by Gasteiger charge is 2.34. The third-order valence-electron chi connectivity index (χ3n) is 21.5. The molecule has 3 amide bonds. The summed E-state index contributed by atoms with van der Waals surface area (Å²) in [5, 5.41) is 20.9. The first-order valence-electron chi connectivity index (χ1n) is 44.4. The molecule has 42 heteroatoms. The van der Waals surface area contributed by atoms with Crippen molar-refractivity contribution in [1.29, 1.82) is 0 Å². The lowest BCUT2D eigenvalue weighted by Crippen LogP contribution is -2.38. The number of carboxylic acids is 1. The van der Waals surface area contributed by atoms with Crippen molar-refractivity contribution in [2.75, 3.05) is 38.6 Å². The fourth-order valence-electron chi connectivity index (χ4n) is 14.7. The molecule has 3 aliphatic rings. The predicted molar refractivity (Wildman–Crippen MR) is 513 cm³/mol. The van der Waals surface area contributed by atoms with E-state index >= 15 is 0 Å². The lowest BCUT2D eigenvalue weighted by Gasteiger charge is -2.28. The van der Waals surface area contributed by atoms with Crippen molar-refractivity contribution >= 4 is 122 Å². The number of H-pyrrole nitrogens is 1. The summed E-state index contributed by atoms with van der Waals surface area (Å²) in [7, 11) is -13.8. The Morgan fingerprint density at radius 3 is 1.15 bits per heavy atom. The number of anilines is 1. The number of nitrogens with two attached hydrogens (primary N) is 1. The number of ketones is 2. The molecule has 0 aliphatic heterocycles. The number of sulfonamides is 3. The number of hydrogen-bond donors (Lipinski definition) is 9. The van der Waals surface area contributed by atoms with Gasteiger partial charge in [0.1, 0.15) is 25.1 Å². The molecule has 6 aromatic heterocycles. The van der Waals surface area contributed by atoms with Crippen molar-refractivity contribution in [3.63, 3.8) is 0 Å². The van der Waals surface area contributed by atoms with Crippen LogP contribution in [-0.2, 0) is 80.1 Å². The first-order valence-corrected chi connectivity index (χ1v) is 58.7. The predicted octanol–water partition coefficient (Wildman–Crippen LogP) is 16.4. The van der Waals surface area contributed by atoms with Crippen molar-refractivity contribution in [3.8, 4) is 31.3 Å². The topological polar surface area (TPSA) is 472 Å². The Labute approximate surface area is 783 Å². The zero-order valence-corrected chi connectivity index (χ0v) is 84.2. The molecule has 0 saturated heterocycles. The Morgan fingerprint density at radius 2 is 0.817 bits per heavy atom. The smallest absolute Gasteiger partial charge is 0.407 e. The normalized spacial score (nSPS) is 17.3. The van der Waals surface area contributed by atoms with Crippen LogP contribution in [0.25, 0.3) is 31.3 Å². The number of aromatic nitrogens is 9. The monoisotopic (exact) mass is 1960 g/mol. The molecule has 716 valence electrons. The van der Waals surface area contributed by atoms with Crippen LogP contribution >= 0.6 is 34.0 Å². The number of Topliss-reactive ketones (excluding diaryl/α,β-unsaturated/α-hetero) is 2. The molecule has 0 atom stereocenters. The number of benzene rings is 3. The Bertz CT molecular complexity index is 5610. The molecule has 131 heavy (non-hydrogen) atoms. The minimum Gasteiger partial charge on any atom is -0.478 e. The number of hydrogen-bond acceptors (Lipinski definition) is 27. The summed E-state index contributed by atoms with van der Waals surface area (Å²) in [6, 6.07) is 16.1. The highest BCUT2D eigenvalue weighted by atomic mass is 32.2. The summed E-state index contributed by atoms with van der Waals surface area (Å²) in [5.41, 5.74) is 7.53. The summed E-state index contributed by atoms with van der Waals surface area (Å²) in [6.45, 7) is 32.8. The molecular weight excluding hydrogens is 1830 g/mol. The molecule has 0 spiro atoms. The number of nitrogens with zero attached hydrogens (tertiary/aromatic N) is 8. The zero-order valence-electron chi connectivity index (χ0n) is 77.3. The third kappa shape index (κ3) is 32.8. The third-order valence-corrected chi connectivity index (χ3v) is 33.2. The van der Waals surface area contributed by atoms with E-state index < -0.39 is 64.4 Å². The Morgan fingerprint density at radius 1 is 0.473 bits per heavy atom. The van der Waals surface area contributed by atoms with Gasteiger partial charge in [-0.05, 0) is 155 Å². The molecule has 0 radical (unpaired) electrons. The summed E-state index contributed by atoms with van der Waals surface area (Å²) in [4.78, 5) is 105. The van der Waals surface area contributed by atoms with E-state index in [9.17, 15) is 59.1 Å². The van der Waals surface area contributed by atoms with E-state index in [-0.39, 0.29) is 125 Å². The first-order chi connectivity index (χ1) is 62.0. The average Bonchev–Trinajstić information content (AvgIpc) is 1.65. The molecule has 6 heterocycles. The number of carboxylic acid groups (broad SMARTS) is 1. The number of aromatic amines is 1. The van der Waals surface area contributed by atoms with Crippen LogP contribution in [0, 0.1) is 0 Å². The largest absolute Gasteiger partial charge is 0.478 e. The summed E-state index contributed by atoms with van der Waals surface area (Å²) >= 11 is 4.35. The molecule has 12 rings (SSSR count). The number of rotatable bonds is 38. The van der Waals surface area contributed by atoms with E-state index in [0.29, 0.717) is 70.4 Å². The zero-order chi connectivity index (χ0) is 95.5. The fraction of sp³-hybridized carbons (Fsp3) is 0.528. The number of thiazole rings is 3. The van der Waals surface area contributed by atoms with Gasteiger partial charge in [0.05, 0.1) is 81.1 Å². The Balaban J connectivity index is 0.000000208. The molecular formula is C89H128N16O18S6Si2. The van der Waals surface area contributed by atoms with Gasteiger partial charge < -0.3 is 60.0 Å². The lowest BCUT2D eigenvalue weighted by atomic mass is 9.86. The van der Waals surface area contributed by atoms with Crippen LogP contribution in [0.1, 0.15) is 215 Å². The first kappa shape index (κ1) is 105. The SMILES string of the molecule is CCNS(=O)(=O)c1cc(C(=O)Cc2ncc[nH]2)ccc1-c1cnc(C2CCC(NC(=O)OC(C)C)CC2)s1.CCNS(=O)(=O)c1cc(C(=O)Cc2nccn2COCC[Si](C)(C)C)ccc1-c1cnc(C2CCC(NC(=O)OC(C)C)CC2)s1.CCNS(=O)(=O)c1cc(C(=O)O)ccc1-c1cnc(C2CCC(NC(=O)OC(C)C)CC2)s1.C[Si](C)(C)CCOCn1ccnc1N. The van der Waals surface area contributed by atoms with Crippen LogP contribution in [0.4, 0.5) is 20.3 Å². The van der Waals surface area contributed by atoms with E-state index in [1.807, 2.05) is 38.5 Å². The second-order valence-corrected chi connectivity index (χ2v) is 55.2. The van der Waals surface area contributed by atoms with Crippen molar-refractivity contribution < 1.29 is 82.8 Å². The van der Waals surface area contributed by atoms with Crippen LogP contribution in [0.5, 0.6) is 0 Å². The summed E-state index contributed by atoms with van der Waals surface area (Å²) in [5.74, 6) is 0.603. The number of amides is 3. The molecule has 3 aromatic carbocycles. The standard InChI is InChI=1S/C32H47N5O6S2Si.C26H33N5O5S2.C22H29N3O6S2.C9H19N3OSi/c1-7-35-45(40,41)29-18-24(27(38)19-30-33-14-15-37(30)21-42-16-17-46(4,5)6)10-13-26(29)28-20-34-31(44-28)23-8-11-25(12-9-23)36-32(39)43-22(2)3;1-4-30-38(34,35)23-13-18(21(32)14-24-27-11-12-28-24)7-10-20(23)22-15-29-25(37-22)17-5-8-19(9-6-17)31-26(33)36-16(2)3;1-4-24-33(29,30)19-11-15(21(26)27)7-10-17(19)18-12-23-20(32-18)14-5-8-16(9-6-14)25-22(28)31-13(2)3;1-14(2,3)7-6-13-8-12-5-4-11-9(12)10/h10,13-15,18,20,22-23,25,35H,7-9,11-12,16-17,19,21H2,1-6H3,(H,36,39);7,10-13,15-17,19,30H,4-6,8-9,14H2,1-3H3,(H,27,28)(H,31,33);7,10-14,16,24H,4-6,8-9H2,1-3H3,(H,25,28)(H,26,27);4-5H,6-8H2,1-3H3,(H2,10,11). The van der Waals surface area contributed by atoms with Crippen LogP contribution in [0.15, 0.2) is 125 Å². The van der Waals surface area contributed by atoms with Gasteiger partial charge in [0.15, 0.2) is 11.6 Å². The Kier molecular flexibility index (Phi) is 39.5. The highest BCUT2D eigenvalue weighted by molar-refractivity contribution is 7.90. The van der Waals surface area contributed by atoms with Gasteiger partial charge in [0.25, 0.3) is 0 Å². The van der Waals surface area contributed by atoms with Gasteiger partial charge in [-0.15, -0.1) is 34.0 Å². The second kappa shape index (κ2) is 49.1. The fourth-order valence-corrected chi connectivity index (χ4v) is 23.6. The number of nitrogens with one attached hydrogen (secondary N) is 7. The molecule has 3 fully saturated rings. The van der Waals surface area contributed by atoms with Crippen molar-refractivity contribution in [2.24, 2.45) is 0 Å². The quantitative estimate of drug-likeness (QED) is 0.00751. The maximum absolute atomic E-state index is 13.4. The van der Waals surface area contributed by atoms with E-state index in [0.717, 1.165) is 114 Å². The van der Waals surface area contributed by atoms with Crippen LogP contribution in [0.2, 0.25) is 51.4 Å². The number of imidazole rings is 3. The molecule has 9 aromatic rings. The van der Waals surface area contributed by atoms with Crippen LogP contribution in [-0.4, -0.2) is 196 Å². The van der Waals surface area contributed by atoms with Crippen molar-refractivity contribution in [1.82, 2.24) is 74.1 Å². The number of carbonyl (C=O) groups is 6. The molecule has 10 N–H and O–H groups in total. The van der Waals surface area contributed by atoms with Gasteiger partial charge in [0.2, 0.25) is 36.0 Å². The van der Waals surface area contributed by atoms with Gasteiger partial charge in [0, 0.05) is 168 Å². The van der Waals surface area contributed by atoms with Gasteiger partial charge in [-0.25, -0.2) is 88.5 Å². The molecule has 0 unspecified atom stereocenters. The maximum Gasteiger partial charge on any atom is 0.407 e. The number of carbonyl (C=O) groups excluding carboxylic acids is 5. The van der Waals surface area contributed by atoms with Gasteiger partial charge >= 0.3 is 24.2 Å². The highest BCUT2D eigenvalue weighted by Crippen LogP contribution is 2.44. The van der Waals surface area contributed by atoms with Crippen molar-refractivity contribution in [3.05, 3.63) is 154 Å². The van der Waals surface area contributed by atoms with Gasteiger partial charge in [-0.2, -0.15) is 0 Å². The van der Waals surface area contributed by atoms with Gasteiger partial charge in [-0.3, -0.25) is 14.2 Å². The number of alkyl carbamates (subject to hydrolysis) is 3. The minimum absolute atomic E-state index is 0.0157. The van der Waals surface area contributed by atoms with Crippen LogP contribution in [0.3, 0.4) is 0 Å². The van der Waals surface area contributed by atoms with Crippen molar-refractivity contribution in [2.45, 2.75) is 286 Å². The summed E-state index contributed by atoms with van der Waals surface area (Å²) in [6.07, 6.45) is 23.6. The minimum atomic E-state index is -3.90. The molecule has 3 saturated carbocycles. The van der Waals surface area contributed by atoms with E-state index in [4.69, 9.17) is 29.4 Å². The number of aromatic carboxylic acids is 1. The van der Waals surface area contributed by atoms with E-state index in [1.165, 1.54) is 70.4 Å². The molecule has 0 bridgehead atoms. The average molecular weight is 1960 g/mol. The van der Waals surface area contributed by atoms with E-state index in [2.05, 4.69) is 104 Å². The van der Waals surface area contributed by atoms with Gasteiger partial charge in [-0.1, -0.05) is 90.4 Å². The number of nitrogen functional groups attached to an aromatic ring is 1. The number of ether oxygens (including phenoxy) is 5. The lowest BCUT2D eigenvalue weighted by molar-refractivity contribution is 0.0695. The molecule has 34 nitrogen and oxygen atoms in total. The summed E-state index contributed by atoms with van der Waals surface area (Å²) < 4.78 is 117. The maximum atomic E-state index is 13.4. The Hall–Kier alpha value is -9.32. The molecule has 3 aliphatic carbocycles. The van der Waals surface area contributed by atoms with Crippen LogP contribution < -0.4 is 35.9 Å². The second-order valence-electron chi connectivity index (χ2n) is 35.6. The van der Waals surface area contributed by atoms with E-state index in [1.54, 1.807) is 113 Å².